The molecule has 2 fully saturated rings. The van der Waals surface area contributed by atoms with Gasteiger partial charge in [0.25, 0.3) is 0 Å². The number of pyridine rings is 2. The van der Waals surface area contributed by atoms with Gasteiger partial charge in [-0.1, -0.05) is 6.08 Å². The van der Waals surface area contributed by atoms with E-state index in [2.05, 4.69) is 41.2 Å². The van der Waals surface area contributed by atoms with Crippen LogP contribution in [0.5, 0.6) is 5.88 Å². The molecule has 50 heavy (non-hydrogen) atoms. The number of carbonyl (C=O) groups excluding carboxylic acids is 2. The van der Waals surface area contributed by atoms with E-state index >= 15 is 0 Å². The highest BCUT2D eigenvalue weighted by Gasteiger charge is 2.52. The highest BCUT2D eigenvalue weighted by molar-refractivity contribution is 7.16. The molecule has 3 aliphatic rings. The van der Waals surface area contributed by atoms with Crippen molar-refractivity contribution in [2.75, 3.05) is 37.6 Å². The van der Waals surface area contributed by atoms with Crippen LogP contribution in [0, 0.1) is 5.41 Å². The second kappa shape index (κ2) is 12.7. The molecule has 0 aromatic carbocycles. The fourth-order valence-electron chi connectivity index (χ4n) is 7.19. The van der Waals surface area contributed by atoms with Gasteiger partial charge in [0.1, 0.15) is 28.4 Å². The maximum atomic E-state index is 14.1. The summed E-state index contributed by atoms with van der Waals surface area (Å²) in [7, 11) is 1.84. The van der Waals surface area contributed by atoms with Crippen molar-refractivity contribution in [3.63, 3.8) is 0 Å². The van der Waals surface area contributed by atoms with Crippen LogP contribution in [0.3, 0.4) is 0 Å². The molecular weight excluding hydrogens is 655 g/mol. The van der Waals surface area contributed by atoms with Crippen molar-refractivity contribution in [3.8, 4) is 27.8 Å². The van der Waals surface area contributed by atoms with E-state index in [1.54, 1.807) is 33.4 Å². The van der Waals surface area contributed by atoms with Crippen molar-refractivity contribution in [1.82, 2.24) is 49.7 Å². The zero-order valence-electron chi connectivity index (χ0n) is 28.5. The van der Waals surface area contributed by atoms with E-state index in [0.717, 1.165) is 45.8 Å². The highest BCUT2D eigenvalue weighted by atomic mass is 32.1. The number of hydrogen-bond acceptors (Lipinski definition) is 11. The van der Waals surface area contributed by atoms with E-state index in [-0.39, 0.29) is 24.0 Å². The fraction of sp³-hybridized carbons (Fsp3) is 0.429. The summed E-state index contributed by atoms with van der Waals surface area (Å²) in [6.07, 6.45) is 9.54. The fourth-order valence-corrected chi connectivity index (χ4v) is 8.11. The highest BCUT2D eigenvalue weighted by Crippen LogP contribution is 2.43. The minimum absolute atomic E-state index is 0.0304. The van der Waals surface area contributed by atoms with Gasteiger partial charge in [-0.05, 0) is 63.8 Å². The lowest BCUT2D eigenvalue weighted by Crippen LogP contribution is -2.48. The van der Waals surface area contributed by atoms with Crippen molar-refractivity contribution in [3.05, 3.63) is 54.1 Å². The average molecular weight is 694 g/mol. The predicted octanol–water partition coefficient (Wildman–Crippen LogP) is 4.19. The molecule has 258 valence electrons. The van der Waals surface area contributed by atoms with Gasteiger partial charge in [-0.2, -0.15) is 10.2 Å². The van der Waals surface area contributed by atoms with Gasteiger partial charge in [-0.3, -0.25) is 29.2 Å². The molecule has 3 aliphatic heterocycles. The smallest absolute Gasteiger partial charge is 0.239 e. The lowest BCUT2D eigenvalue weighted by molar-refractivity contribution is -0.136. The standard InChI is InChI=1S/C35H39N11O3S/c1-21(2)49-28-8-5-24(17-36-28)29-30-25(40-41-29)6-7-27(39-30)46-16-12-35(34(46)48)11-15-45(19-35)22(3)33(47)44-13-9-23(10-14-44)32-37-18-26(50-32)31-38-20-43(4)42-31/h5-9,17-18,20-22H,10-16,19H2,1-4H3,(H,40,41)/t22?,35-/m0/s1. The third-order valence-electron chi connectivity index (χ3n) is 9.96. The first-order valence-corrected chi connectivity index (χ1v) is 17.8. The zero-order valence-corrected chi connectivity index (χ0v) is 29.4. The predicted molar refractivity (Wildman–Crippen MR) is 189 cm³/mol. The molecule has 2 saturated heterocycles. The van der Waals surface area contributed by atoms with Crippen LogP contribution < -0.4 is 9.64 Å². The average Bonchev–Trinajstić information content (AvgIpc) is 3.97. The third-order valence-corrected chi connectivity index (χ3v) is 11.0. The molecule has 5 aromatic rings. The Kier molecular flexibility index (Phi) is 8.18. The molecule has 15 heteroatoms. The largest absolute Gasteiger partial charge is 0.475 e. The number of H-pyrrole nitrogens is 1. The van der Waals surface area contributed by atoms with Crippen molar-refractivity contribution in [1.29, 1.82) is 0 Å². The maximum Gasteiger partial charge on any atom is 0.239 e. The van der Waals surface area contributed by atoms with E-state index < -0.39 is 5.41 Å². The summed E-state index contributed by atoms with van der Waals surface area (Å²) in [5.41, 5.74) is 3.56. The quantitative estimate of drug-likeness (QED) is 0.251. The van der Waals surface area contributed by atoms with E-state index in [4.69, 9.17) is 9.72 Å². The van der Waals surface area contributed by atoms with Gasteiger partial charge in [0.15, 0.2) is 5.82 Å². The molecule has 1 unspecified atom stereocenters. The topological polar surface area (TPSA) is 151 Å². The summed E-state index contributed by atoms with van der Waals surface area (Å²) in [4.78, 5) is 52.9. The Hall–Kier alpha value is -5.02. The maximum absolute atomic E-state index is 14.1. The van der Waals surface area contributed by atoms with Gasteiger partial charge in [0.05, 0.1) is 28.0 Å². The normalized spacial score (nSPS) is 20.4. The van der Waals surface area contributed by atoms with E-state index in [9.17, 15) is 9.59 Å². The molecule has 0 bridgehead atoms. The number of ether oxygens (including phenoxy) is 1. The second-order valence-electron chi connectivity index (χ2n) is 13.6. The SMILES string of the molecule is CC(C)Oc1ccc(-c2n[nH]c3ccc(N4CC[C@]5(CCN(C(C)C(=O)N6CC=C(c7ncc(-c8ncn(C)n8)s7)CC6)C5)C4=O)nc23)cn1. The number of rotatable bonds is 8. The first kappa shape index (κ1) is 32.2. The summed E-state index contributed by atoms with van der Waals surface area (Å²) in [5, 5.41) is 12.9. The van der Waals surface area contributed by atoms with Crippen molar-refractivity contribution in [2.45, 2.75) is 52.2 Å². The summed E-state index contributed by atoms with van der Waals surface area (Å²) < 4.78 is 7.36. The summed E-state index contributed by atoms with van der Waals surface area (Å²) in [5.74, 6) is 1.99. The number of thiazole rings is 1. The van der Waals surface area contributed by atoms with Crippen LogP contribution in [0.4, 0.5) is 5.82 Å². The van der Waals surface area contributed by atoms with Crippen molar-refractivity contribution >= 4 is 45.6 Å². The Morgan fingerprint density at radius 1 is 1.04 bits per heavy atom. The van der Waals surface area contributed by atoms with Crippen LogP contribution >= 0.6 is 11.3 Å². The Bertz CT molecular complexity index is 2100. The van der Waals surface area contributed by atoms with Gasteiger partial charge in [-0.25, -0.2) is 19.9 Å². The summed E-state index contributed by atoms with van der Waals surface area (Å²) >= 11 is 1.57. The van der Waals surface area contributed by atoms with E-state index in [0.29, 0.717) is 61.5 Å². The van der Waals surface area contributed by atoms with E-state index in [1.165, 1.54) is 0 Å². The van der Waals surface area contributed by atoms with Crippen LogP contribution in [-0.4, -0.2) is 106 Å². The van der Waals surface area contributed by atoms with Gasteiger partial charge in [-0.15, -0.1) is 11.3 Å². The monoisotopic (exact) mass is 693 g/mol. The summed E-state index contributed by atoms with van der Waals surface area (Å²) in [6, 6.07) is 7.21. The molecule has 8 rings (SSSR count). The van der Waals surface area contributed by atoms with Crippen LogP contribution in [0.2, 0.25) is 0 Å². The molecule has 2 atom stereocenters. The molecular formula is C35H39N11O3S. The minimum Gasteiger partial charge on any atom is -0.475 e. The second-order valence-corrected chi connectivity index (χ2v) is 14.6. The van der Waals surface area contributed by atoms with Crippen LogP contribution in [-0.2, 0) is 16.6 Å². The van der Waals surface area contributed by atoms with E-state index in [1.807, 2.05) is 63.2 Å². The number of aromatic amines is 1. The number of likely N-dealkylation sites (tertiary alicyclic amines) is 1. The number of carbonyl (C=O) groups is 2. The lowest BCUT2D eigenvalue weighted by Gasteiger charge is -2.32. The number of nitrogens with zero attached hydrogens (tertiary/aromatic N) is 10. The Labute approximate surface area is 293 Å². The number of hydrogen-bond donors (Lipinski definition) is 1. The number of anilines is 1. The lowest BCUT2D eigenvalue weighted by atomic mass is 9.85. The number of amides is 2. The van der Waals surface area contributed by atoms with Gasteiger partial charge in [0, 0.05) is 63.8 Å². The number of nitrogens with one attached hydrogen (secondary N) is 1. The number of fused-ring (bicyclic) bond motifs is 1. The van der Waals surface area contributed by atoms with Gasteiger partial charge < -0.3 is 9.64 Å². The number of aryl methyl sites for hydroxylation is 1. The van der Waals surface area contributed by atoms with Crippen molar-refractivity contribution < 1.29 is 14.3 Å². The molecule has 0 radical (unpaired) electrons. The molecule has 1 spiro atoms. The molecule has 0 aliphatic carbocycles. The molecule has 2 amide bonds. The zero-order chi connectivity index (χ0) is 34.6. The summed E-state index contributed by atoms with van der Waals surface area (Å²) in [6.45, 7) is 8.90. The molecule has 1 N–H and O–H groups in total. The first-order valence-electron chi connectivity index (χ1n) is 17.0. The first-order chi connectivity index (χ1) is 24.2. The Balaban J connectivity index is 0.915. The third kappa shape index (κ3) is 5.83. The van der Waals surface area contributed by atoms with Crippen molar-refractivity contribution in [2.24, 2.45) is 12.5 Å². The minimum atomic E-state index is -0.527. The molecule has 8 heterocycles. The Morgan fingerprint density at radius 3 is 2.64 bits per heavy atom. The van der Waals surface area contributed by atoms with Gasteiger partial charge >= 0.3 is 0 Å². The molecule has 0 saturated carbocycles. The molecule has 5 aromatic heterocycles. The number of aromatic nitrogens is 8. The van der Waals surface area contributed by atoms with Crippen LogP contribution in [0.1, 0.15) is 45.0 Å². The Morgan fingerprint density at radius 2 is 1.90 bits per heavy atom. The van der Waals surface area contributed by atoms with Crippen LogP contribution in [0.25, 0.3) is 38.6 Å². The van der Waals surface area contributed by atoms with Crippen LogP contribution in [0.15, 0.2) is 49.1 Å². The molecule has 14 nitrogen and oxygen atoms in total. The van der Waals surface area contributed by atoms with Gasteiger partial charge in [0.2, 0.25) is 17.7 Å².